The number of ether oxygens (including phenoxy) is 1. The molecule has 0 aromatic carbocycles. The molecule has 1 amide bonds. The van der Waals surface area contributed by atoms with E-state index in [1.807, 2.05) is 11.8 Å². The van der Waals surface area contributed by atoms with Crippen molar-refractivity contribution in [3.8, 4) is 0 Å². The van der Waals surface area contributed by atoms with E-state index in [2.05, 4.69) is 4.90 Å². The van der Waals surface area contributed by atoms with Gasteiger partial charge >= 0.3 is 0 Å². The van der Waals surface area contributed by atoms with Crippen molar-refractivity contribution in [2.24, 2.45) is 10.8 Å². The molecule has 0 radical (unpaired) electrons. The zero-order valence-corrected chi connectivity index (χ0v) is 18.9. The van der Waals surface area contributed by atoms with Crippen LogP contribution in [0.5, 0.6) is 0 Å². The van der Waals surface area contributed by atoms with Crippen molar-refractivity contribution in [2.75, 3.05) is 59.5 Å². The lowest BCUT2D eigenvalue weighted by molar-refractivity contribution is -0.141. The highest BCUT2D eigenvalue weighted by Gasteiger charge is 2.65. The number of amides is 1. The lowest BCUT2D eigenvalue weighted by Crippen LogP contribution is -2.53. The predicted molar refractivity (Wildman–Crippen MR) is 112 cm³/mol. The summed E-state index contributed by atoms with van der Waals surface area (Å²) < 4.78 is 33.2. The normalized spacial score (nSPS) is 28.2. The van der Waals surface area contributed by atoms with Gasteiger partial charge in [-0.25, -0.2) is 8.42 Å². The maximum Gasteiger partial charge on any atom is 0.252 e. The van der Waals surface area contributed by atoms with Crippen LogP contribution in [-0.4, -0.2) is 88.0 Å². The first-order valence-electron chi connectivity index (χ1n) is 10.4. The van der Waals surface area contributed by atoms with Crippen LogP contribution in [0.3, 0.4) is 0 Å². The van der Waals surface area contributed by atoms with Gasteiger partial charge in [-0.05, 0) is 37.6 Å². The number of thiophene rings is 1. The van der Waals surface area contributed by atoms with Crippen molar-refractivity contribution in [2.45, 2.75) is 30.4 Å². The zero-order valence-electron chi connectivity index (χ0n) is 17.3. The van der Waals surface area contributed by atoms with Gasteiger partial charge in [0.15, 0.2) is 0 Å². The van der Waals surface area contributed by atoms with Crippen molar-refractivity contribution in [3.63, 3.8) is 0 Å². The first kappa shape index (κ1) is 21.2. The molecule has 4 rings (SSSR count). The van der Waals surface area contributed by atoms with Crippen LogP contribution < -0.4 is 0 Å². The second-order valence-electron chi connectivity index (χ2n) is 8.54. The van der Waals surface area contributed by atoms with Crippen LogP contribution in [-0.2, 0) is 19.6 Å². The van der Waals surface area contributed by atoms with Crippen LogP contribution in [0.25, 0.3) is 0 Å². The Morgan fingerprint density at radius 2 is 1.93 bits per heavy atom. The zero-order chi connectivity index (χ0) is 20.7. The number of hydrogen-bond donors (Lipinski definition) is 0. The third-order valence-corrected chi connectivity index (χ3v) is 10.6. The fraction of sp³-hybridized carbons (Fsp3) is 0.750. The Kier molecular flexibility index (Phi) is 5.80. The highest BCUT2D eigenvalue weighted by molar-refractivity contribution is 7.91. The molecule has 1 atom stereocenters. The summed E-state index contributed by atoms with van der Waals surface area (Å²) in [7, 11) is -1.73. The average Bonchev–Trinajstić information content (AvgIpc) is 3.42. The summed E-state index contributed by atoms with van der Waals surface area (Å²) in [5.41, 5.74) is -0.529. The molecule has 4 heterocycles. The minimum absolute atomic E-state index is 0.150. The van der Waals surface area contributed by atoms with Gasteiger partial charge in [0.2, 0.25) is 5.91 Å². The quantitative estimate of drug-likeness (QED) is 0.672. The third kappa shape index (κ3) is 3.35. The van der Waals surface area contributed by atoms with Gasteiger partial charge < -0.3 is 9.64 Å². The van der Waals surface area contributed by atoms with E-state index < -0.39 is 10.0 Å². The largest absolute Gasteiger partial charge is 0.383 e. The summed E-state index contributed by atoms with van der Waals surface area (Å²) in [6, 6.07) is 3.45. The number of carbonyl (C=O) groups excluding carboxylic acids is 1. The van der Waals surface area contributed by atoms with E-state index in [1.165, 1.54) is 11.3 Å². The van der Waals surface area contributed by atoms with Gasteiger partial charge in [0, 0.05) is 58.3 Å². The van der Waals surface area contributed by atoms with E-state index in [0.29, 0.717) is 23.9 Å². The predicted octanol–water partition coefficient (Wildman–Crippen LogP) is 1.72. The second kappa shape index (κ2) is 7.92. The van der Waals surface area contributed by atoms with Crippen molar-refractivity contribution >= 4 is 27.3 Å². The fourth-order valence-corrected chi connectivity index (χ4v) is 8.26. The Hall–Kier alpha value is -1.00. The number of sulfonamides is 1. The summed E-state index contributed by atoms with van der Waals surface area (Å²) in [6.45, 7) is 7.65. The molecule has 1 aromatic heterocycles. The molecule has 2 spiro atoms. The summed E-state index contributed by atoms with van der Waals surface area (Å²) in [5.74, 6) is 0.273. The molecule has 0 unspecified atom stereocenters. The molecule has 3 fully saturated rings. The highest BCUT2D eigenvalue weighted by atomic mass is 32.2. The number of nitrogens with zero attached hydrogens (tertiary/aromatic N) is 3. The number of fused-ring (bicyclic) bond motifs is 1. The van der Waals surface area contributed by atoms with Crippen molar-refractivity contribution in [3.05, 3.63) is 17.5 Å². The lowest BCUT2D eigenvalue weighted by atomic mass is 9.60. The van der Waals surface area contributed by atoms with Crippen LogP contribution >= 0.6 is 11.3 Å². The molecular weight excluding hydrogens is 410 g/mol. The number of methoxy groups -OCH3 is 1. The van der Waals surface area contributed by atoms with Crippen LogP contribution in [0.4, 0.5) is 0 Å². The van der Waals surface area contributed by atoms with E-state index in [0.717, 1.165) is 52.0 Å². The van der Waals surface area contributed by atoms with Gasteiger partial charge in [0.05, 0.1) is 12.0 Å². The topological polar surface area (TPSA) is 70.2 Å². The molecule has 9 heteroatoms. The van der Waals surface area contributed by atoms with Gasteiger partial charge in [-0.1, -0.05) is 6.07 Å². The van der Waals surface area contributed by atoms with Gasteiger partial charge in [-0.15, -0.1) is 11.3 Å². The number of hydrogen-bond acceptors (Lipinski definition) is 6. The Balaban J connectivity index is 1.58. The molecule has 3 saturated heterocycles. The van der Waals surface area contributed by atoms with Crippen LogP contribution in [0.15, 0.2) is 21.7 Å². The maximum atomic E-state index is 13.5. The average molecular weight is 442 g/mol. The number of carbonyl (C=O) groups is 1. The fourth-order valence-electron chi connectivity index (χ4n) is 5.67. The van der Waals surface area contributed by atoms with Gasteiger partial charge in [0.1, 0.15) is 4.21 Å². The van der Waals surface area contributed by atoms with Crippen molar-refractivity contribution in [1.29, 1.82) is 0 Å². The van der Waals surface area contributed by atoms with Crippen molar-refractivity contribution in [1.82, 2.24) is 14.1 Å². The minimum Gasteiger partial charge on any atom is -0.383 e. The smallest absolute Gasteiger partial charge is 0.252 e. The van der Waals surface area contributed by atoms with E-state index >= 15 is 0 Å². The van der Waals surface area contributed by atoms with Crippen molar-refractivity contribution < 1.29 is 17.9 Å². The first-order chi connectivity index (χ1) is 13.9. The summed E-state index contributed by atoms with van der Waals surface area (Å²) in [5, 5.41) is 1.80. The minimum atomic E-state index is -3.43. The first-order valence-corrected chi connectivity index (χ1v) is 12.7. The molecule has 7 nitrogen and oxygen atoms in total. The Morgan fingerprint density at radius 3 is 2.52 bits per heavy atom. The number of piperidine rings is 1. The maximum absolute atomic E-state index is 13.5. The van der Waals surface area contributed by atoms with Crippen LogP contribution in [0, 0.1) is 10.8 Å². The van der Waals surface area contributed by atoms with E-state index in [1.54, 1.807) is 28.9 Å². The molecule has 1 aromatic rings. The van der Waals surface area contributed by atoms with Crippen LogP contribution in [0.2, 0.25) is 0 Å². The van der Waals surface area contributed by atoms with Gasteiger partial charge in [0.25, 0.3) is 10.0 Å². The molecule has 0 saturated carbocycles. The Labute approximate surface area is 177 Å². The van der Waals surface area contributed by atoms with Gasteiger partial charge in [-0.2, -0.15) is 4.31 Å². The SMILES string of the molecule is CCN1CC[C@@]2(CN(CCOC)CC23CCN(S(=O)(=O)c2cccs2)CC3)C1=O. The standard InChI is InChI=1S/C20H31N3O4S2/c1-3-22-9-8-20(18(22)24)16-21(12-13-27-2)15-19(20)6-10-23(11-7-19)29(25,26)17-5-4-14-28-17/h4-5,14H,3,6-13,15-16H2,1-2H3/t20-/m1/s1. The Bertz CT molecular complexity index is 834. The molecule has 0 bridgehead atoms. The van der Waals surface area contributed by atoms with Crippen LogP contribution in [0.1, 0.15) is 26.2 Å². The molecule has 3 aliphatic rings. The summed E-state index contributed by atoms with van der Waals surface area (Å²) in [4.78, 5) is 17.8. The highest BCUT2D eigenvalue weighted by Crippen LogP contribution is 2.58. The van der Waals surface area contributed by atoms with Gasteiger partial charge in [-0.3, -0.25) is 9.69 Å². The lowest BCUT2D eigenvalue weighted by Gasteiger charge is -2.46. The molecule has 3 aliphatic heterocycles. The van der Waals surface area contributed by atoms with E-state index in [9.17, 15) is 13.2 Å². The Morgan fingerprint density at radius 1 is 1.17 bits per heavy atom. The second-order valence-corrected chi connectivity index (χ2v) is 11.6. The third-order valence-electron chi connectivity index (χ3n) is 7.30. The molecule has 29 heavy (non-hydrogen) atoms. The van der Waals surface area contributed by atoms with E-state index in [-0.39, 0.29) is 16.7 Å². The number of likely N-dealkylation sites (tertiary alicyclic amines) is 2. The summed E-state index contributed by atoms with van der Waals surface area (Å²) >= 11 is 1.27. The molecule has 0 aliphatic carbocycles. The summed E-state index contributed by atoms with van der Waals surface area (Å²) in [6.07, 6.45) is 2.36. The molecular formula is C20H31N3O4S2. The monoisotopic (exact) mass is 441 g/mol. The molecule has 162 valence electrons. The number of rotatable bonds is 6. The van der Waals surface area contributed by atoms with E-state index in [4.69, 9.17) is 4.74 Å². The molecule has 0 N–H and O–H groups in total.